The highest BCUT2D eigenvalue weighted by Crippen LogP contribution is 2.24. The summed E-state index contributed by atoms with van der Waals surface area (Å²) in [5.41, 5.74) is 0. The van der Waals surface area contributed by atoms with E-state index in [9.17, 15) is 0 Å². The molecule has 2 heteroatoms. The molecular formula is C18H34O2. The zero-order chi connectivity index (χ0) is 14.5. The Balaban J connectivity index is 1.93. The standard InChI is InChI=1S/C18H34O2/c1-3-5-7-8-9-10-12-16-19-18-15-14-17(20-18)13-11-6-4-2/h9-10,17-18H,3-8,11-16H2,1-2H3. The minimum Gasteiger partial charge on any atom is -0.352 e. The summed E-state index contributed by atoms with van der Waals surface area (Å²) >= 11 is 0. The van der Waals surface area contributed by atoms with Crippen LogP contribution in [-0.4, -0.2) is 19.0 Å². The summed E-state index contributed by atoms with van der Waals surface area (Å²) in [6, 6.07) is 0. The van der Waals surface area contributed by atoms with Crippen molar-refractivity contribution in [2.45, 2.75) is 96.9 Å². The molecule has 0 saturated carbocycles. The van der Waals surface area contributed by atoms with E-state index in [0.29, 0.717) is 6.10 Å². The molecule has 0 spiro atoms. The second-order valence-electron chi connectivity index (χ2n) is 5.89. The lowest BCUT2D eigenvalue weighted by Crippen LogP contribution is -2.14. The summed E-state index contributed by atoms with van der Waals surface area (Å²) in [6.07, 6.45) is 18.7. The molecule has 0 bridgehead atoms. The lowest BCUT2D eigenvalue weighted by molar-refractivity contribution is -0.133. The van der Waals surface area contributed by atoms with Crippen LogP contribution < -0.4 is 0 Å². The van der Waals surface area contributed by atoms with Crippen LogP contribution in [0.1, 0.15) is 84.5 Å². The van der Waals surface area contributed by atoms with Gasteiger partial charge in [-0.2, -0.15) is 0 Å². The maximum Gasteiger partial charge on any atom is 0.158 e. The van der Waals surface area contributed by atoms with E-state index in [4.69, 9.17) is 9.47 Å². The van der Waals surface area contributed by atoms with Gasteiger partial charge in [-0.15, -0.1) is 0 Å². The van der Waals surface area contributed by atoms with Gasteiger partial charge in [0.15, 0.2) is 6.29 Å². The fraction of sp³-hybridized carbons (Fsp3) is 0.889. The fourth-order valence-corrected chi connectivity index (χ4v) is 2.65. The highest BCUT2D eigenvalue weighted by Gasteiger charge is 2.24. The monoisotopic (exact) mass is 282 g/mol. The lowest BCUT2D eigenvalue weighted by atomic mass is 10.1. The van der Waals surface area contributed by atoms with E-state index in [-0.39, 0.29) is 6.29 Å². The quantitative estimate of drug-likeness (QED) is 0.342. The predicted molar refractivity (Wildman–Crippen MR) is 85.9 cm³/mol. The van der Waals surface area contributed by atoms with Gasteiger partial charge in [-0.1, -0.05) is 58.1 Å². The maximum atomic E-state index is 5.92. The summed E-state index contributed by atoms with van der Waals surface area (Å²) in [4.78, 5) is 0. The van der Waals surface area contributed by atoms with Crippen LogP contribution in [0, 0.1) is 0 Å². The Bertz CT molecular complexity index is 238. The lowest BCUT2D eigenvalue weighted by Gasteiger charge is -2.13. The SMILES string of the molecule is CCCCCC=CCCOC1CCC(CCCCC)O1. The Morgan fingerprint density at radius 3 is 2.50 bits per heavy atom. The number of rotatable bonds is 12. The van der Waals surface area contributed by atoms with Crippen molar-refractivity contribution in [1.82, 2.24) is 0 Å². The number of hydrogen-bond donors (Lipinski definition) is 0. The Morgan fingerprint density at radius 1 is 0.950 bits per heavy atom. The maximum absolute atomic E-state index is 5.92. The molecule has 2 unspecified atom stereocenters. The van der Waals surface area contributed by atoms with E-state index in [1.807, 2.05) is 0 Å². The third-order valence-electron chi connectivity index (χ3n) is 3.93. The van der Waals surface area contributed by atoms with E-state index in [1.165, 1.54) is 57.8 Å². The Labute approximate surface area is 125 Å². The normalized spacial score (nSPS) is 22.9. The van der Waals surface area contributed by atoms with Crippen molar-refractivity contribution in [3.8, 4) is 0 Å². The molecule has 118 valence electrons. The molecule has 1 aliphatic rings. The van der Waals surface area contributed by atoms with Gasteiger partial charge in [0.05, 0.1) is 12.7 Å². The smallest absolute Gasteiger partial charge is 0.158 e. The van der Waals surface area contributed by atoms with Gasteiger partial charge in [-0.3, -0.25) is 0 Å². The number of unbranched alkanes of at least 4 members (excludes halogenated alkanes) is 5. The average molecular weight is 282 g/mol. The van der Waals surface area contributed by atoms with Crippen LogP contribution in [0.15, 0.2) is 12.2 Å². The van der Waals surface area contributed by atoms with Crippen molar-refractivity contribution in [3.05, 3.63) is 12.2 Å². The van der Waals surface area contributed by atoms with Crippen molar-refractivity contribution >= 4 is 0 Å². The van der Waals surface area contributed by atoms with Crippen LogP contribution in [0.3, 0.4) is 0 Å². The van der Waals surface area contributed by atoms with Crippen LogP contribution in [0.5, 0.6) is 0 Å². The highest BCUT2D eigenvalue weighted by atomic mass is 16.7. The molecule has 20 heavy (non-hydrogen) atoms. The van der Waals surface area contributed by atoms with Crippen molar-refractivity contribution in [2.24, 2.45) is 0 Å². The van der Waals surface area contributed by atoms with Crippen molar-refractivity contribution in [3.63, 3.8) is 0 Å². The van der Waals surface area contributed by atoms with Gasteiger partial charge in [0.2, 0.25) is 0 Å². The van der Waals surface area contributed by atoms with E-state index in [0.717, 1.165) is 19.4 Å². The zero-order valence-corrected chi connectivity index (χ0v) is 13.6. The first-order valence-electron chi connectivity index (χ1n) is 8.78. The molecule has 2 atom stereocenters. The molecule has 1 saturated heterocycles. The van der Waals surface area contributed by atoms with Crippen LogP contribution in [0.2, 0.25) is 0 Å². The van der Waals surface area contributed by atoms with Gasteiger partial charge in [-0.25, -0.2) is 0 Å². The molecule has 1 rings (SSSR count). The molecule has 0 aromatic carbocycles. The van der Waals surface area contributed by atoms with Crippen LogP contribution in [0.25, 0.3) is 0 Å². The minimum atomic E-state index is 0.0649. The number of ether oxygens (including phenoxy) is 2. The van der Waals surface area contributed by atoms with Crippen molar-refractivity contribution < 1.29 is 9.47 Å². The molecule has 1 heterocycles. The molecule has 0 amide bonds. The zero-order valence-electron chi connectivity index (χ0n) is 13.6. The number of hydrogen-bond acceptors (Lipinski definition) is 2. The van der Waals surface area contributed by atoms with Crippen molar-refractivity contribution in [1.29, 1.82) is 0 Å². The van der Waals surface area contributed by atoms with Gasteiger partial charge >= 0.3 is 0 Å². The minimum absolute atomic E-state index is 0.0649. The van der Waals surface area contributed by atoms with Gasteiger partial charge in [0.25, 0.3) is 0 Å². The van der Waals surface area contributed by atoms with E-state index < -0.39 is 0 Å². The summed E-state index contributed by atoms with van der Waals surface area (Å²) in [7, 11) is 0. The largest absolute Gasteiger partial charge is 0.352 e. The summed E-state index contributed by atoms with van der Waals surface area (Å²) in [6.45, 7) is 5.29. The highest BCUT2D eigenvalue weighted by molar-refractivity contribution is 4.81. The topological polar surface area (TPSA) is 18.5 Å². The second-order valence-corrected chi connectivity index (χ2v) is 5.89. The first kappa shape index (κ1) is 17.7. The average Bonchev–Trinajstić information content (AvgIpc) is 2.90. The van der Waals surface area contributed by atoms with Gasteiger partial charge < -0.3 is 9.47 Å². The summed E-state index contributed by atoms with van der Waals surface area (Å²) in [5.74, 6) is 0. The Morgan fingerprint density at radius 2 is 1.70 bits per heavy atom. The second kappa shape index (κ2) is 12.4. The molecule has 0 N–H and O–H groups in total. The summed E-state index contributed by atoms with van der Waals surface area (Å²) in [5, 5.41) is 0. The Hall–Kier alpha value is -0.340. The van der Waals surface area contributed by atoms with Gasteiger partial charge in [0, 0.05) is 6.42 Å². The molecule has 2 nitrogen and oxygen atoms in total. The fourth-order valence-electron chi connectivity index (χ4n) is 2.65. The van der Waals surface area contributed by atoms with Crippen LogP contribution >= 0.6 is 0 Å². The molecule has 0 aromatic rings. The van der Waals surface area contributed by atoms with Crippen LogP contribution in [-0.2, 0) is 9.47 Å². The molecular weight excluding hydrogens is 248 g/mol. The molecule has 1 aliphatic heterocycles. The molecule has 0 aliphatic carbocycles. The molecule has 1 fully saturated rings. The number of allylic oxidation sites excluding steroid dienone is 1. The van der Waals surface area contributed by atoms with E-state index in [2.05, 4.69) is 26.0 Å². The first-order valence-corrected chi connectivity index (χ1v) is 8.78. The first-order chi connectivity index (χ1) is 9.86. The van der Waals surface area contributed by atoms with Gasteiger partial charge in [-0.05, 0) is 32.1 Å². The van der Waals surface area contributed by atoms with Gasteiger partial charge in [0.1, 0.15) is 0 Å². The Kier molecular flexibility index (Phi) is 11.0. The molecule has 0 aromatic heterocycles. The predicted octanol–water partition coefficient (Wildman–Crippen LogP) is 5.62. The third kappa shape index (κ3) is 8.76. The molecule has 0 radical (unpaired) electrons. The third-order valence-corrected chi connectivity index (χ3v) is 3.93. The van der Waals surface area contributed by atoms with Crippen molar-refractivity contribution in [2.75, 3.05) is 6.61 Å². The van der Waals surface area contributed by atoms with E-state index in [1.54, 1.807) is 0 Å². The summed E-state index contributed by atoms with van der Waals surface area (Å²) < 4.78 is 11.7. The van der Waals surface area contributed by atoms with E-state index >= 15 is 0 Å². The van der Waals surface area contributed by atoms with Crippen LogP contribution in [0.4, 0.5) is 0 Å².